The Morgan fingerprint density at radius 3 is 2.83 bits per heavy atom. The van der Waals surface area contributed by atoms with Crippen LogP contribution in [-0.2, 0) is 6.54 Å². The summed E-state index contributed by atoms with van der Waals surface area (Å²) in [4.78, 5) is 19.3. The SMILES string of the molecule is Cc1cccc(C(=O)N2CCC(Cn3c(C)cnc3C3CC3)C2)c1. The smallest absolute Gasteiger partial charge is 0.253 e. The second kappa shape index (κ2) is 6.08. The van der Waals surface area contributed by atoms with Gasteiger partial charge in [0, 0.05) is 43.0 Å². The van der Waals surface area contributed by atoms with E-state index in [1.807, 2.05) is 42.3 Å². The van der Waals surface area contributed by atoms with E-state index in [1.54, 1.807) is 0 Å². The molecule has 126 valence electrons. The molecular weight excluding hydrogens is 298 g/mol. The van der Waals surface area contributed by atoms with E-state index in [2.05, 4.69) is 16.5 Å². The van der Waals surface area contributed by atoms with Crippen LogP contribution in [0.15, 0.2) is 30.5 Å². The standard InChI is InChI=1S/C20H25N3O/c1-14-4-3-5-18(10-14)20(24)22-9-8-16(12-22)13-23-15(2)11-21-19(23)17-6-7-17/h3-5,10-11,16-17H,6-9,12-13H2,1-2H3. The molecule has 4 heteroatoms. The van der Waals surface area contributed by atoms with Crippen molar-refractivity contribution in [2.75, 3.05) is 13.1 Å². The van der Waals surface area contributed by atoms with Crippen molar-refractivity contribution in [3.05, 3.63) is 53.1 Å². The second-order valence-electron chi connectivity index (χ2n) is 7.42. The number of rotatable bonds is 4. The Labute approximate surface area is 143 Å². The van der Waals surface area contributed by atoms with Crippen molar-refractivity contribution in [1.29, 1.82) is 0 Å². The van der Waals surface area contributed by atoms with Crippen molar-refractivity contribution in [1.82, 2.24) is 14.5 Å². The number of aromatic nitrogens is 2. The van der Waals surface area contributed by atoms with E-state index in [9.17, 15) is 4.79 Å². The summed E-state index contributed by atoms with van der Waals surface area (Å²) in [7, 11) is 0. The first kappa shape index (κ1) is 15.4. The average molecular weight is 323 g/mol. The van der Waals surface area contributed by atoms with Crippen molar-refractivity contribution in [3.8, 4) is 0 Å². The van der Waals surface area contributed by atoms with Gasteiger partial charge in [-0.05, 0) is 51.2 Å². The zero-order valence-electron chi connectivity index (χ0n) is 14.5. The maximum absolute atomic E-state index is 12.7. The summed E-state index contributed by atoms with van der Waals surface area (Å²) in [6, 6.07) is 7.91. The van der Waals surface area contributed by atoms with Gasteiger partial charge in [0.15, 0.2) is 0 Å². The van der Waals surface area contributed by atoms with E-state index in [4.69, 9.17) is 0 Å². The van der Waals surface area contributed by atoms with Crippen LogP contribution in [0.1, 0.15) is 52.6 Å². The Morgan fingerprint density at radius 2 is 2.08 bits per heavy atom. The Kier molecular flexibility index (Phi) is 3.91. The maximum atomic E-state index is 12.7. The first-order valence-corrected chi connectivity index (χ1v) is 9.00. The predicted octanol–water partition coefficient (Wildman–Crippen LogP) is 3.54. The summed E-state index contributed by atoms with van der Waals surface area (Å²) < 4.78 is 2.39. The molecule has 1 atom stereocenters. The first-order chi connectivity index (χ1) is 11.6. The lowest BCUT2D eigenvalue weighted by molar-refractivity contribution is 0.0786. The van der Waals surface area contributed by atoms with Crippen LogP contribution in [0.4, 0.5) is 0 Å². The molecule has 2 heterocycles. The number of hydrogen-bond acceptors (Lipinski definition) is 2. The van der Waals surface area contributed by atoms with Crippen molar-refractivity contribution in [3.63, 3.8) is 0 Å². The van der Waals surface area contributed by atoms with Gasteiger partial charge in [-0.1, -0.05) is 17.7 Å². The third-order valence-corrected chi connectivity index (χ3v) is 5.31. The molecular formula is C20H25N3O. The Bertz CT molecular complexity index is 760. The lowest BCUT2D eigenvalue weighted by Gasteiger charge is -2.18. The molecule has 2 aromatic rings. The van der Waals surface area contributed by atoms with Gasteiger partial charge in [-0.25, -0.2) is 4.98 Å². The van der Waals surface area contributed by atoms with Crippen LogP contribution in [0, 0.1) is 19.8 Å². The van der Waals surface area contributed by atoms with Gasteiger partial charge in [0.2, 0.25) is 0 Å². The van der Waals surface area contributed by atoms with Crippen molar-refractivity contribution >= 4 is 5.91 Å². The molecule has 1 aliphatic heterocycles. The number of hydrogen-bond donors (Lipinski definition) is 0. The molecule has 1 unspecified atom stereocenters. The lowest BCUT2D eigenvalue weighted by atomic mass is 10.1. The van der Waals surface area contributed by atoms with E-state index in [-0.39, 0.29) is 5.91 Å². The van der Waals surface area contributed by atoms with Crippen LogP contribution in [0.5, 0.6) is 0 Å². The Hall–Kier alpha value is -2.10. The predicted molar refractivity (Wildman–Crippen MR) is 94.1 cm³/mol. The molecule has 0 N–H and O–H groups in total. The summed E-state index contributed by atoms with van der Waals surface area (Å²) in [5.41, 5.74) is 3.20. The highest BCUT2D eigenvalue weighted by Gasteiger charge is 2.32. The molecule has 4 nitrogen and oxygen atoms in total. The van der Waals surface area contributed by atoms with Gasteiger partial charge < -0.3 is 9.47 Å². The third-order valence-electron chi connectivity index (χ3n) is 5.31. The fourth-order valence-corrected chi connectivity index (χ4v) is 3.77. The molecule has 0 bridgehead atoms. The fourth-order valence-electron chi connectivity index (χ4n) is 3.77. The molecule has 24 heavy (non-hydrogen) atoms. The summed E-state index contributed by atoms with van der Waals surface area (Å²) in [5, 5.41) is 0. The highest BCUT2D eigenvalue weighted by Crippen LogP contribution is 2.40. The highest BCUT2D eigenvalue weighted by molar-refractivity contribution is 5.94. The summed E-state index contributed by atoms with van der Waals surface area (Å²) in [5.74, 6) is 2.64. The van der Waals surface area contributed by atoms with Gasteiger partial charge in [-0.15, -0.1) is 0 Å². The summed E-state index contributed by atoms with van der Waals surface area (Å²) in [6.45, 7) is 6.89. The van der Waals surface area contributed by atoms with E-state index in [1.165, 1.54) is 24.4 Å². The van der Waals surface area contributed by atoms with Crippen LogP contribution < -0.4 is 0 Å². The van der Waals surface area contributed by atoms with Crippen molar-refractivity contribution in [2.24, 2.45) is 5.92 Å². The quantitative estimate of drug-likeness (QED) is 0.863. The Balaban J connectivity index is 1.43. The van der Waals surface area contributed by atoms with Crippen LogP contribution in [0.3, 0.4) is 0 Å². The summed E-state index contributed by atoms with van der Waals surface area (Å²) in [6.07, 6.45) is 5.63. The number of carbonyl (C=O) groups is 1. The van der Waals surface area contributed by atoms with Gasteiger partial charge in [-0.3, -0.25) is 4.79 Å². The molecule has 0 spiro atoms. The van der Waals surface area contributed by atoms with Crippen molar-refractivity contribution < 1.29 is 4.79 Å². The van der Waals surface area contributed by atoms with Crippen LogP contribution in [0.2, 0.25) is 0 Å². The normalized spacial score (nSPS) is 20.6. The molecule has 1 amide bonds. The van der Waals surface area contributed by atoms with Gasteiger partial charge >= 0.3 is 0 Å². The summed E-state index contributed by atoms with van der Waals surface area (Å²) >= 11 is 0. The topological polar surface area (TPSA) is 38.1 Å². The molecule has 2 fully saturated rings. The third kappa shape index (κ3) is 2.97. The zero-order chi connectivity index (χ0) is 16.7. The number of carbonyl (C=O) groups excluding carboxylic acids is 1. The van der Waals surface area contributed by atoms with Gasteiger partial charge in [-0.2, -0.15) is 0 Å². The number of aryl methyl sites for hydroxylation is 2. The molecule has 1 saturated heterocycles. The van der Waals surface area contributed by atoms with E-state index < -0.39 is 0 Å². The minimum absolute atomic E-state index is 0.172. The van der Waals surface area contributed by atoms with E-state index in [0.717, 1.165) is 37.2 Å². The van der Waals surface area contributed by atoms with Crippen LogP contribution >= 0.6 is 0 Å². The van der Waals surface area contributed by atoms with Crippen LogP contribution in [-0.4, -0.2) is 33.4 Å². The first-order valence-electron chi connectivity index (χ1n) is 9.00. The van der Waals surface area contributed by atoms with Gasteiger partial charge in [0.25, 0.3) is 5.91 Å². The number of benzene rings is 1. The average Bonchev–Trinajstić information content (AvgIpc) is 3.20. The molecule has 4 rings (SSSR count). The second-order valence-corrected chi connectivity index (χ2v) is 7.42. The number of amides is 1. The largest absolute Gasteiger partial charge is 0.338 e. The molecule has 1 aliphatic carbocycles. The lowest BCUT2D eigenvalue weighted by Crippen LogP contribution is -2.29. The van der Waals surface area contributed by atoms with E-state index in [0.29, 0.717) is 11.8 Å². The number of nitrogens with zero attached hydrogens (tertiary/aromatic N) is 3. The molecule has 2 aliphatic rings. The molecule has 1 saturated carbocycles. The van der Waals surface area contributed by atoms with Crippen LogP contribution in [0.25, 0.3) is 0 Å². The van der Waals surface area contributed by atoms with E-state index >= 15 is 0 Å². The minimum Gasteiger partial charge on any atom is -0.338 e. The number of likely N-dealkylation sites (tertiary alicyclic amines) is 1. The molecule has 0 radical (unpaired) electrons. The highest BCUT2D eigenvalue weighted by atomic mass is 16.2. The molecule has 1 aromatic carbocycles. The fraction of sp³-hybridized carbons (Fsp3) is 0.500. The van der Waals surface area contributed by atoms with Crippen molar-refractivity contribution in [2.45, 2.75) is 45.6 Å². The maximum Gasteiger partial charge on any atom is 0.253 e. The molecule has 1 aromatic heterocycles. The van der Waals surface area contributed by atoms with Gasteiger partial charge in [0.05, 0.1) is 0 Å². The minimum atomic E-state index is 0.172. The monoisotopic (exact) mass is 323 g/mol. The Morgan fingerprint density at radius 1 is 1.25 bits per heavy atom. The number of imidazole rings is 1. The van der Waals surface area contributed by atoms with Gasteiger partial charge in [0.1, 0.15) is 5.82 Å². The zero-order valence-corrected chi connectivity index (χ0v) is 14.5.